The smallest absolute Gasteiger partial charge is 0.303 e. The summed E-state index contributed by atoms with van der Waals surface area (Å²) in [5.74, 6) is -1.38. The largest absolute Gasteiger partial charge is 0.481 e. The number of hydrogen-bond donors (Lipinski definition) is 2. The van der Waals surface area contributed by atoms with E-state index < -0.39 is 11.9 Å². The molecule has 0 saturated carbocycles. The van der Waals surface area contributed by atoms with Gasteiger partial charge in [-0.1, -0.05) is 62.8 Å². The molecule has 0 aliphatic heterocycles. The van der Waals surface area contributed by atoms with Crippen molar-refractivity contribution in [2.24, 2.45) is 0 Å². The molecule has 0 aromatic carbocycles. The van der Waals surface area contributed by atoms with Gasteiger partial charge >= 0.3 is 11.9 Å². The lowest BCUT2D eigenvalue weighted by Gasteiger charge is -1.99. The highest BCUT2D eigenvalue weighted by Gasteiger charge is 1.96. The Labute approximate surface area is 146 Å². The Morgan fingerprint density at radius 1 is 0.542 bits per heavy atom. The van der Waals surface area contributed by atoms with Crippen molar-refractivity contribution < 1.29 is 19.8 Å². The Kier molecular flexibility index (Phi) is 16.6. The number of rotatable bonds is 17. The third-order valence-electron chi connectivity index (χ3n) is 3.91. The van der Waals surface area contributed by atoms with Gasteiger partial charge in [0.2, 0.25) is 0 Å². The molecule has 0 aliphatic rings. The van der Waals surface area contributed by atoms with Crippen molar-refractivity contribution >= 4 is 11.9 Å². The molecule has 0 atom stereocenters. The van der Waals surface area contributed by atoms with Crippen LogP contribution in [0.1, 0.15) is 89.9 Å². The third-order valence-corrected chi connectivity index (χ3v) is 3.91. The summed E-state index contributed by atoms with van der Waals surface area (Å²) in [4.78, 5) is 20.7. The highest BCUT2D eigenvalue weighted by Crippen LogP contribution is 2.09. The Bertz CT molecular complexity index is 372. The lowest BCUT2D eigenvalue weighted by molar-refractivity contribution is -0.138. The Hall–Kier alpha value is -1.58. The van der Waals surface area contributed by atoms with Gasteiger partial charge in [0, 0.05) is 12.8 Å². The zero-order valence-corrected chi connectivity index (χ0v) is 14.9. The molecule has 24 heavy (non-hydrogen) atoms. The van der Waals surface area contributed by atoms with E-state index in [1.165, 1.54) is 19.3 Å². The van der Waals surface area contributed by atoms with Gasteiger partial charge < -0.3 is 10.2 Å². The first-order valence-electron chi connectivity index (χ1n) is 9.38. The highest BCUT2D eigenvalue weighted by molar-refractivity contribution is 5.66. The number of carboxylic acids is 2. The van der Waals surface area contributed by atoms with Gasteiger partial charge in [-0.3, -0.25) is 9.59 Å². The zero-order chi connectivity index (χ0) is 17.9. The van der Waals surface area contributed by atoms with Crippen molar-refractivity contribution in [3.05, 3.63) is 24.3 Å². The van der Waals surface area contributed by atoms with Crippen LogP contribution in [-0.4, -0.2) is 22.2 Å². The zero-order valence-electron chi connectivity index (χ0n) is 14.9. The van der Waals surface area contributed by atoms with Crippen molar-refractivity contribution in [3.63, 3.8) is 0 Å². The van der Waals surface area contributed by atoms with Crippen molar-refractivity contribution in [2.45, 2.75) is 89.9 Å². The summed E-state index contributed by atoms with van der Waals surface area (Å²) in [7, 11) is 0. The molecule has 0 amide bonds. The van der Waals surface area contributed by atoms with Crippen LogP contribution in [0.4, 0.5) is 0 Å². The molecule has 0 aromatic rings. The average molecular weight is 338 g/mol. The maximum atomic E-state index is 10.3. The Balaban J connectivity index is 3.22. The number of carbonyl (C=O) groups is 2. The molecule has 138 valence electrons. The predicted octanol–water partition coefficient (Wildman–Crippen LogP) is 5.73. The number of unbranched alkanes of at least 4 members (excludes halogenated alkanes) is 10. The van der Waals surface area contributed by atoms with E-state index in [2.05, 4.69) is 24.3 Å². The van der Waals surface area contributed by atoms with E-state index in [9.17, 15) is 9.59 Å². The molecule has 0 aliphatic carbocycles. The fourth-order valence-electron chi connectivity index (χ4n) is 2.49. The monoisotopic (exact) mass is 338 g/mol. The topological polar surface area (TPSA) is 74.6 Å². The maximum absolute atomic E-state index is 10.3. The quantitative estimate of drug-likeness (QED) is 0.262. The van der Waals surface area contributed by atoms with Crippen LogP contribution in [0.5, 0.6) is 0 Å². The summed E-state index contributed by atoms with van der Waals surface area (Å²) in [5.41, 5.74) is 0. The SMILES string of the molecule is O=C(O)CCCCCCC=CC=CCCCCCCCCC(=O)O. The van der Waals surface area contributed by atoms with E-state index >= 15 is 0 Å². The van der Waals surface area contributed by atoms with E-state index in [0.717, 1.165) is 57.8 Å². The molecule has 0 radical (unpaired) electrons. The molecule has 0 unspecified atom stereocenters. The first-order valence-corrected chi connectivity index (χ1v) is 9.38. The standard InChI is InChI=1S/C20H34O4/c21-19(22)17-15-13-11-9-7-5-3-1-2-4-6-8-10-12-14-16-18-20(23)24/h1-3,5H,4,6-18H2,(H,21,22)(H,23,24). The lowest BCUT2D eigenvalue weighted by Crippen LogP contribution is -1.93. The molecule has 4 heteroatoms. The molecule has 0 fully saturated rings. The predicted molar refractivity (Wildman–Crippen MR) is 98.2 cm³/mol. The summed E-state index contributed by atoms with van der Waals surface area (Å²) >= 11 is 0. The second kappa shape index (κ2) is 17.8. The van der Waals surface area contributed by atoms with Crippen LogP contribution in [0.2, 0.25) is 0 Å². The van der Waals surface area contributed by atoms with E-state index in [-0.39, 0.29) is 0 Å². The van der Waals surface area contributed by atoms with Crippen molar-refractivity contribution in [3.8, 4) is 0 Å². The Morgan fingerprint density at radius 2 is 0.875 bits per heavy atom. The van der Waals surface area contributed by atoms with Gasteiger partial charge in [0.1, 0.15) is 0 Å². The van der Waals surface area contributed by atoms with E-state index in [0.29, 0.717) is 12.8 Å². The minimum absolute atomic E-state index is 0.293. The molecule has 0 bridgehead atoms. The molecule has 4 nitrogen and oxygen atoms in total. The average Bonchev–Trinajstić information content (AvgIpc) is 2.53. The first kappa shape index (κ1) is 22.4. The van der Waals surface area contributed by atoms with Crippen LogP contribution in [0.25, 0.3) is 0 Å². The maximum Gasteiger partial charge on any atom is 0.303 e. The van der Waals surface area contributed by atoms with E-state index in [4.69, 9.17) is 10.2 Å². The lowest BCUT2D eigenvalue weighted by atomic mass is 10.1. The van der Waals surface area contributed by atoms with Gasteiger partial charge in [-0.25, -0.2) is 0 Å². The van der Waals surface area contributed by atoms with Crippen molar-refractivity contribution in [1.29, 1.82) is 0 Å². The molecule has 0 heterocycles. The molecule has 0 spiro atoms. The van der Waals surface area contributed by atoms with Gasteiger partial charge in [-0.15, -0.1) is 0 Å². The fraction of sp³-hybridized carbons (Fsp3) is 0.700. The molecular formula is C20H34O4. The number of carboxylic acid groups (broad SMARTS) is 2. The van der Waals surface area contributed by atoms with Crippen molar-refractivity contribution in [2.75, 3.05) is 0 Å². The molecule has 0 saturated heterocycles. The second-order valence-electron chi connectivity index (χ2n) is 6.26. The number of aliphatic carboxylic acids is 2. The van der Waals surface area contributed by atoms with Gasteiger partial charge in [0.25, 0.3) is 0 Å². The second-order valence-corrected chi connectivity index (χ2v) is 6.26. The van der Waals surface area contributed by atoms with Crippen LogP contribution in [0.15, 0.2) is 24.3 Å². The van der Waals surface area contributed by atoms with E-state index in [1.807, 2.05) is 0 Å². The van der Waals surface area contributed by atoms with Crippen LogP contribution < -0.4 is 0 Å². The minimum Gasteiger partial charge on any atom is -0.481 e. The molecular weight excluding hydrogens is 304 g/mol. The first-order chi connectivity index (χ1) is 11.6. The molecule has 0 rings (SSSR count). The highest BCUT2D eigenvalue weighted by atomic mass is 16.4. The number of hydrogen-bond acceptors (Lipinski definition) is 2. The van der Waals surface area contributed by atoms with Crippen LogP contribution in [-0.2, 0) is 9.59 Å². The third kappa shape index (κ3) is 20.4. The normalized spacial score (nSPS) is 11.5. The van der Waals surface area contributed by atoms with Crippen molar-refractivity contribution in [1.82, 2.24) is 0 Å². The summed E-state index contributed by atoms with van der Waals surface area (Å²) < 4.78 is 0. The van der Waals surface area contributed by atoms with Crippen LogP contribution in [0, 0.1) is 0 Å². The summed E-state index contributed by atoms with van der Waals surface area (Å²) in [6.07, 6.45) is 22.0. The summed E-state index contributed by atoms with van der Waals surface area (Å²) in [6, 6.07) is 0. The molecule has 2 N–H and O–H groups in total. The van der Waals surface area contributed by atoms with Gasteiger partial charge in [0.05, 0.1) is 0 Å². The minimum atomic E-state index is -0.696. The van der Waals surface area contributed by atoms with Crippen LogP contribution in [0.3, 0.4) is 0 Å². The van der Waals surface area contributed by atoms with Gasteiger partial charge in [-0.05, 0) is 38.5 Å². The van der Waals surface area contributed by atoms with Crippen LogP contribution >= 0.6 is 0 Å². The van der Waals surface area contributed by atoms with Gasteiger partial charge in [-0.2, -0.15) is 0 Å². The summed E-state index contributed by atoms with van der Waals surface area (Å²) in [5, 5.41) is 17.0. The van der Waals surface area contributed by atoms with Gasteiger partial charge in [0.15, 0.2) is 0 Å². The fourth-order valence-corrected chi connectivity index (χ4v) is 2.49. The Morgan fingerprint density at radius 3 is 1.25 bits per heavy atom. The number of allylic oxidation sites excluding steroid dienone is 4. The van der Waals surface area contributed by atoms with E-state index in [1.54, 1.807) is 0 Å². The summed E-state index contributed by atoms with van der Waals surface area (Å²) in [6.45, 7) is 0. The molecule has 0 aromatic heterocycles.